The molecule has 9 heteroatoms. The highest BCUT2D eigenvalue weighted by molar-refractivity contribution is 7.20. The first-order chi connectivity index (χ1) is 15.9. The molecule has 3 heterocycles. The number of nitrogens with zero attached hydrogens (tertiary/aromatic N) is 2. The average Bonchev–Trinajstić information content (AvgIpc) is 3.43. The fourth-order valence-electron chi connectivity index (χ4n) is 3.56. The summed E-state index contributed by atoms with van der Waals surface area (Å²) in [4.78, 5) is 44.4. The minimum Gasteiger partial charge on any atom is -0.462 e. The van der Waals surface area contributed by atoms with Gasteiger partial charge in [-0.2, -0.15) is 0 Å². The van der Waals surface area contributed by atoms with E-state index in [4.69, 9.17) is 4.74 Å². The summed E-state index contributed by atoms with van der Waals surface area (Å²) in [6.07, 6.45) is 1.35. The Labute approximate surface area is 198 Å². The molecule has 0 radical (unpaired) electrons. The van der Waals surface area contributed by atoms with Gasteiger partial charge in [-0.25, -0.2) is 9.78 Å². The van der Waals surface area contributed by atoms with Crippen molar-refractivity contribution in [3.63, 3.8) is 0 Å². The highest BCUT2D eigenvalue weighted by atomic mass is 32.1. The van der Waals surface area contributed by atoms with Gasteiger partial charge in [0.15, 0.2) is 0 Å². The normalized spacial score (nSPS) is 12.0. The quantitative estimate of drug-likeness (QED) is 0.399. The van der Waals surface area contributed by atoms with Crippen LogP contribution in [0, 0.1) is 13.8 Å². The summed E-state index contributed by atoms with van der Waals surface area (Å²) in [7, 11) is 0. The number of esters is 1. The summed E-state index contributed by atoms with van der Waals surface area (Å²) >= 11 is 2.68. The number of aryl methyl sites for hydroxylation is 2. The lowest BCUT2D eigenvalue weighted by Gasteiger charge is -2.19. The van der Waals surface area contributed by atoms with Crippen LogP contribution in [0.4, 0.5) is 0 Å². The van der Waals surface area contributed by atoms with Gasteiger partial charge in [0.2, 0.25) is 5.91 Å². The zero-order chi connectivity index (χ0) is 23.5. The molecule has 0 aliphatic carbocycles. The number of nitrogens with one attached hydrogen (secondary N) is 1. The lowest BCUT2D eigenvalue weighted by atomic mass is 10.0. The van der Waals surface area contributed by atoms with Crippen LogP contribution in [0.25, 0.3) is 10.2 Å². The molecule has 3 aromatic heterocycles. The van der Waals surface area contributed by atoms with Gasteiger partial charge in [-0.3, -0.25) is 14.2 Å². The number of hydrogen-bond acceptors (Lipinski definition) is 7. The predicted molar refractivity (Wildman–Crippen MR) is 130 cm³/mol. The second kappa shape index (κ2) is 9.68. The van der Waals surface area contributed by atoms with Gasteiger partial charge in [-0.15, -0.1) is 22.7 Å². The number of ether oxygens (including phenoxy) is 1. The van der Waals surface area contributed by atoms with E-state index in [9.17, 15) is 14.4 Å². The predicted octanol–water partition coefficient (Wildman–Crippen LogP) is 4.22. The summed E-state index contributed by atoms with van der Waals surface area (Å²) in [5, 5.41) is 5.35. The maximum Gasteiger partial charge on any atom is 0.348 e. The molecule has 0 fully saturated rings. The van der Waals surface area contributed by atoms with Gasteiger partial charge in [0.25, 0.3) is 5.56 Å². The van der Waals surface area contributed by atoms with Crippen LogP contribution in [0.5, 0.6) is 0 Å². The highest BCUT2D eigenvalue weighted by Gasteiger charge is 2.22. The summed E-state index contributed by atoms with van der Waals surface area (Å²) < 4.78 is 6.34. The Balaban J connectivity index is 1.60. The Hall–Kier alpha value is -3.30. The Kier molecular flexibility index (Phi) is 6.71. The molecule has 4 rings (SSSR count). The van der Waals surface area contributed by atoms with E-state index in [1.54, 1.807) is 25.2 Å². The molecule has 1 aromatic carbocycles. The number of amides is 1. The SMILES string of the molecule is CCOC(=O)c1sc2ncn(CC(=O)NC(c3ccc(C)cc3)c3cccs3)c(=O)c2c1C. The maximum absolute atomic E-state index is 13.1. The van der Waals surface area contributed by atoms with E-state index in [1.165, 1.54) is 10.9 Å². The maximum atomic E-state index is 13.1. The average molecular weight is 482 g/mol. The minimum absolute atomic E-state index is 0.181. The molecule has 0 spiro atoms. The van der Waals surface area contributed by atoms with E-state index in [2.05, 4.69) is 10.3 Å². The van der Waals surface area contributed by atoms with Crippen molar-refractivity contribution in [1.82, 2.24) is 14.9 Å². The Morgan fingerprint density at radius 3 is 2.61 bits per heavy atom. The van der Waals surface area contributed by atoms with Crippen molar-refractivity contribution in [1.29, 1.82) is 0 Å². The first-order valence-corrected chi connectivity index (χ1v) is 12.1. The number of rotatable bonds is 7. The van der Waals surface area contributed by atoms with Crippen LogP contribution >= 0.6 is 22.7 Å². The fourth-order valence-corrected chi connectivity index (χ4v) is 5.39. The smallest absolute Gasteiger partial charge is 0.348 e. The van der Waals surface area contributed by atoms with Crippen LogP contribution in [0.1, 0.15) is 44.2 Å². The number of benzene rings is 1. The first-order valence-electron chi connectivity index (χ1n) is 10.4. The molecule has 0 aliphatic rings. The van der Waals surface area contributed by atoms with E-state index < -0.39 is 5.97 Å². The Morgan fingerprint density at radius 2 is 1.94 bits per heavy atom. The van der Waals surface area contributed by atoms with Gasteiger partial charge < -0.3 is 10.1 Å². The third kappa shape index (κ3) is 4.74. The summed E-state index contributed by atoms with van der Waals surface area (Å²) in [5.41, 5.74) is 2.26. The standard InChI is InChI=1S/C24H23N3O4S2/c1-4-31-24(30)21-15(3)19-22(33-21)25-13-27(23(19)29)12-18(28)26-20(17-6-5-11-32-17)16-9-7-14(2)8-10-16/h5-11,13,20H,4,12H2,1-3H3,(H,26,28). The Bertz CT molecular complexity index is 1360. The van der Waals surface area contributed by atoms with Gasteiger partial charge in [-0.05, 0) is 43.3 Å². The largest absolute Gasteiger partial charge is 0.462 e. The lowest BCUT2D eigenvalue weighted by Crippen LogP contribution is -2.35. The summed E-state index contributed by atoms with van der Waals surface area (Å²) in [5.74, 6) is -0.783. The molecule has 0 bridgehead atoms. The Morgan fingerprint density at radius 1 is 1.18 bits per heavy atom. The molecule has 4 aromatic rings. The molecular weight excluding hydrogens is 458 g/mol. The van der Waals surface area contributed by atoms with E-state index in [1.807, 2.05) is 48.7 Å². The van der Waals surface area contributed by atoms with Crippen LogP contribution in [-0.4, -0.2) is 28.0 Å². The minimum atomic E-state index is -0.474. The van der Waals surface area contributed by atoms with Crippen LogP contribution in [-0.2, 0) is 16.1 Å². The molecule has 1 atom stereocenters. The summed E-state index contributed by atoms with van der Waals surface area (Å²) in [6.45, 7) is 5.50. The summed E-state index contributed by atoms with van der Waals surface area (Å²) in [6, 6.07) is 11.6. The second-order valence-electron chi connectivity index (χ2n) is 7.56. The molecule has 170 valence electrons. The van der Waals surface area contributed by atoms with Gasteiger partial charge in [-0.1, -0.05) is 35.9 Å². The number of hydrogen-bond donors (Lipinski definition) is 1. The van der Waals surface area contributed by atoms with E-state index in [0.717, 1.165) is 27.3 Å². The van der Waals surface area contributed by atoms with Gasteiger partial charge in [0.05, 0.1) is 24.4 Å². The van der Waals surface area contributed by atoms with Crippen LogP contribution in [0.3, 0.4) is 0 Å². The topological polar surface area (TPSA) is 90.3 Å². The van der Waals surface area contributed by atoms with Crippen molar-refractivity contribution in [3.8, 4) is 0 Å². The molecule has 0 saturated heterocycles. The number of carbonyl (C=O) groups excluding carboxylic acids is 2. The van der Waals surface area contributed by atoms with E-state index in [-0.39, 0.29) is 30.7 Å². The molecule has 7 nitrogen and oxygen atoms in total. The molecule has 0 saturated carbocycles. The van der Waals surface area contributed by atoms with Crippen LogP contribution in [0.15, 0.2) is 52.9 Å². The molecule has 0 aliphatic heterocycles. The van der Waals surface area contributed by atoms with Gasteiger partial charge in [0, 0.05) is 4.88 Å². The van der Waals surface area contributed by atoms with Gasteiger partial charge >= 0.3 is 5.97 Å². The molecule has 33 heavy (non-hydrogen) atoms. The van der Waals surface area contributed by atoms with Crippen molar-refractivity contribution < 1.29 is 14.3 Å². The third-order valence-corrected chi connectivity index (χ3v) is 7.35. The van der Waals surface area contributed by atoms with Crippen molar-refractivity contribution in [2.75, 3.05) is 6.61 Å². The van der Waals surface area contributed by atoms with Crippen molar-refractivity contribution in [2.45, 2.75) is 33.4 Å². The van der Waals surface area contributed by atoms with Crippen LogP contribution < -0.4 is 10.9 Å². The molecule has 1 amide bonds. The van der Waals surface area contributed by atoms with Crippen molar-refractivity contribution >= 4 is 44.8 Å². The number of carbonyl (C=O) groups is 2. The molecular formula is C24H23N3O4S2. The van der Waals surface area contributed by atoms with Crippen LogP contribution in [0.2, 0.25) is 0 Å². The van der Waals surface area contributed by atoms with E-state index in [0.29, 0.717) is 20.7 Å². The number of thiophene rings is 2. The molecule has 1 N–H and O–H groups in total. The van der Waals surface area contributed by atoms with Crippen molar-refractivity contribution in [2.24, 2.45) is 0 Å². The lowest BCUT2D eigenvalue weighted by molar-refractivity contribution is -0.122. The van der Waals surface area contributed by atoms with Gasteiger partial charge in [0.1, 0.15) is 16.3 Å². The fraction of sp³-hybridized carbons (Fsp3) is 0.250. The number of aromatic nitrogens is 2. The second-order valence-corrected chi connectivity index (χ2v) is 9.54. The molecule has 1 unspecified atom stereocenters. The third-order valence-electron chi connectivity index (χ3n) is 5.24. The first kappa shape index (κ1) is 22.9. The van der Waals surface area contributed by atoms with E-state index >= 15 is 0 Å². The van der Waals surface area contributed by atoms with Crippen molar-refractivity contribution in [3.05, 3.63) is 84.9 Å². The number of fused-ring (bicyclic) bond motifs is 1. The monoisotopic (exact) mass is 481 g/mol. The zero-order valence-corrected chi connectivity index (χ0v) is 20.1. The highest BCUT2D eigenvalue weighted by Crippen LogP contribution is 2.28. The zero-order valence-electron chi connectivity index (χ0n) is 18.5.